The summed E-state index contributed by atoms with van der Waals surface area (Å²) in [4.78, 5) is 12.4. The van der Waals surface area contributed by atoms with E-state index >= 15 is 0 Å². The van der Waals surface area contributed by atoms with Crippen molar-refractivity contribution in [2.24, 2.45) is 0 Å². The monoisotopic (exact) mass is 280 g/mol. The highest BCUT2D eigenvalue weighted by Crippen LogP contribution is 2.31. The van der Waals surface area contributed by atoms with Crippen LogP contribution < -0.4 is 10.2 Å². The van der Waals surface area contributed by atoms with E-state index in [0.29, 0.717) is 22.5 Å². The van der Waals surface area contributed by atoms with Crippen LogP contribution in [0.3, 0.4) is 0 Å². The van der Waals surface area contributed by atoms with Crippen LogP contribution in [0.5, 0.6) is 5.75 Å². The fourth-order valence-corrected chi connectivity index (χ4v) is 2.59. The van der Waals surface area contributed by atoms with Gasteiger partial charge in [0, 0.05) is 6.07 Å². The minimum atomic E-state index is -0.0380. The van der Waals surface area contributed by atoms with Crippen molar-refractivity contribution in [3.63, 3.8) is 0 Å². The van der Waals surface area contributed by atoms with E-state index in [0.717, 1.165) is 16.7 Å². The lowest BCUT2D eigenvalue weighted by Crippen LogP contribution is -2.02. The normalized spacial score (nSPS) is 10.8. The lowest BCUT2D eigenvalue weighted by molar-refractivity contribution is 0.415. The molecule has 0 spiro atoms. The molecule has 0 atom stereocenters. The van der Waals surface area contributed by atoms with Crippen LogP contribution in [0.1, 0.15) is 11.1 Å². The molecule has 3 aromatic rings. The van der Waals surface area contributed by atoms with Crippen molar-refractivity contribution in [2.75, 3.05) is 7.11 Å². The van der Waals surface area contributed by atoms with Crippen molar-refractivity contribution < 1.29 is 9.15 Å². The predicted octanol–water partition coefficient (Wildman–Crippen LogP) is 4.09. The quantitative estimate of drug-likeness (QED) is 0.710. The summed E-state index contributed by atoms with van der Waals surface area (Å²) < 4.78 is 11.3. The molecule has 0 radical (unpaired) electrons. The van der Waals surface area contributed by atoms with Gasteiger partial charge in [0.1, 0.15) is 17.1 Å². The van der Waals surface area contributed by atoms with E-state index in [1.54, 1.807) is 7.11 Å². The highest BCUT2D eigenvalue weighted by Gasteiger charge is 2.12. The van der Waals surface area contributed by atoms with Crippen LogP contribution in [0.25, 0.3) is 22.3 Å². The van der Waals surface area contributed by atoms with Crippen LogP contribution in [0.4, 0.5) is 0 Å². The molecule has 0 saturated carbocycles. The summed E-state index contributed by atoms with van der Waals surface area (Å²) in [5.74, 6) is 1.21. The van der Waals surface area contributed by atoms with E-state index in [9.17, 15) is 4.79 Å². The number of benzene rings is 2. The molecule has 106 valence electrons. The van der Waals surface area contributed by atoms with E-state index in [4.69, 9.17) is 9.15 Å². The third kappa shape index (κ3) is 2.31. The van der Waals surface area contributed by atoms with Crippen LogP contribution >= 0.6 is 0 Å². The highest BCUT2D eigenvalue weighted by molar-refractivity contribution is 5.82. The van der Waals surface area contributed by atoms with Gasteiger partial charge in [-0.15, -0.1) is 0 Å². The lowest BCUT2D eigenvalue weighted by atomic mass is 10.1. The van der Waals surface area contributed by atoms with Crippen molar-refractivity contribution >= 4 is 11.0 Å². The molecule has 0 amide bonds. The highest BCUT2D eigenvalue weighted by atomic mass is 16.5. The summed E-state index contributed by atoms with van der Waals surface area (Å²) in [6, 6.07) is 12.9. The van der Waals surface area contributed by atoms with E-state index in [-0.39, 0.29) is 5.43 Å². The van der Waals surface area contributed by atoms with E-state index in [2.05, 4.69) is 0 Å². The molecular weight excluding hydrogens is 264 g/mol. The van der Waals surface area contributed by atoms with Gasteiger partial charge in [-0.3, -0.25) is 4.79 Å². The van der Waals surface area contributed by atoms with Crippen LogP contribution in [0.2, 0.25) is 0 Å². The average Bonchev–Trinajstić information content (AvgIpc) is 2.48. The fourth-order valence-electron chi connectivity index (χ4n) is 2.59. The molecular formula is C18H16O3. The summed E-state index contributed by atoms with van der Waals surface area (Å²) in [6.45, 7) is 3.92. The molecule has 0 aliphatic carbocycles. The molecule has 0 aliphatic heterocycles. The van der Waals surface area contributed by atoms with Crippen LogP contribution in [-0.2, 0) is 0 Å². The first kappa shape index (κ1) is 13.4. The van der Waals surface area contributed by atoms with E-state index < -0.39 is 0 Å². The van der Waals surface area contributed by atoms with E-state index in [1.165, 1.54) is 6.07 Å². The Morgan fingerprint density at radius 3 is 2.57 bits per heavy atom. The van der Waals surface area contributed by atoms with Gasteiger partial charge in [-0.1, -0.05) is 18.2 Å². The fraction of sp³-hybridized carbons (Fsp3) is 0.167. The van der Waals surface area contributed by atoms with Crippen molar-refractivity contribution in [3.8, 4) is 17.1 Å². The molecule has 21 heavy (non-hydrogen) atoms. The van der Waals surface area contributed by atoms with Gasteiger partial charge < -0.3 is 9.15 Å². The topological polar surface area (TPSA) is 39.4 Å². The Bertz CT molecular complexity index is 875. The number of aryl methyl sites for hydroxylation is 2. The smallest absolute Gasteiger partial charge is 0.193 e. The summed E-state index contributed by atoms with van der Waals surface area (Å²) in [5, 5.41) is 0.617. The predicted molar refractivity (Wildman–Crippen MR) is 83.9 cm³/mol. The van der Waals surface area contributed by atoms with Crippen LogP contribution in [0, 0.1) is 13.8 Å². The van der Waals surface area contributed by atoms with Gasteiger partial charge in [0.05, 0.1) is 18.1 Å². The molecule has 0 fully saturated rings. The first-order valence-corrected chi connectivity index (χ1v) is 6.78. The minimum absolute atomic E-state index is 0.0380. The molecule has 0 unspecified atom stereocenters. The first-order valence-electron chi connectivity index (χ1n) is 6.78. The molecule has 0 aliphatic rings. The Kier molecular flexibility index (Phi) is 3.26. The zero-order chi connectivity index (χ0) is 15.0. The van der Waals surface area contributed by atoms with Gasteiger partial charge in [0.2, 0.25) is 0 Å². The first-order chi connectivity index (χ1) is 10.1. The summed E-state index contributed by atoms with van der Waals surface area (Å²) in [5.41, 5.74) is 3.38. The van der Waals surface area contributed by atoms with Gasteiger partial charge in [0.25, 0.3) is 0 Å². The molecule has 0 bridgehead atoms. The van der Waals surface area contributed by atoms with Crippen LogP contribution in [-0.4, -0.2) is 7.11 Å². The Morgan fingerprint density at radius 2 is 1.81 bits per heavy atom. The molecule has 1 heterocycles. The number of hydrogen-bond donors (Lipinski definition) is 0. The lowest BCUT2D eigenvalue weighted by Gasteiger charge is -2.09. The zero-order valence-electron chi connectivity index (χ0n) is 12.3. The number of fused-ring (bicyclic) bond motifs is 1. The Balaban J connectivity index is 2.33. The van der Waals surface area contributed by atoms with Crippen molar-refractivity contribution in [3.05, 3.63) is 63.8 Å². The van der Waals surface area contributed by atoms with Gasteiger partial charge in [-0.25, -0.2) is 0 Å². The minimum Gasteiger partial charge on any atom is -0.496 e. The second-order valence-corrected chi connectivity index (χ2v) is 5.13. The summed E-state index contributed by atoms with van der Waals surface area (Å²) in [7, 11) is 1.60. The number of hydrogen-bond acceptors (Lipinski definition) is 3. The van der Waals surface area contributed by atoms with Crippen molar-refractivity contribution in [1.82, 2.24) is 0 Å². The third-order valence-corrected chi connectivity index (χ3v) is 3.53. The number of para-hydroxylation sites is 1. The Hall–Kier alpha value is -2.55. The maximum absolute atomic E-state index is 12.4. The molecule has 0 saturated heterocycles. The maximum Gasteiger partial charge on any atom is 0.193 e. The Labute approximate surface area is 122 Å². The molecule has 3 rings (SSSR count). The van der Waals surface area contributed by atoms with Gasteiger partial charge in [-0.2, -0.15) is 0 Å². The SMILES string of the molecule is COc1ccccc1-c1cc(=O)c2cc(C)cc(C)c2o1. The van der Waals surface area contributed by atoms with E-state index in [1.807, 2.05) is 50.2 Å². The average molecular weight is 280 g/mol. The molecule has 3 nitrogen and oxygen atoms in total. The van der Waals surface area contributed by atoms with Crippen molar-refractivity contribution in [2.45, 2.75) is 13.8 Å². The largest absolute Gasteiger partial charge is 0.496 e. The second kappa shape index (κ2) is 5.09. The number of ether oxygens (including phenoxy) is 1. The van der Waals surface area contributed by atoms with Crippen molar-refractivity contribution in [1.29, 1.82) is 0 Å². The zero-order valence-corrected chi connectivity index (χ0v) is 12.3. The standard InChI is InChI=1S/C18H16O3/c1-11-8-12(2)18-14(9-11)15(19)10-17(21-18)13-6-4-5-7-16(13)20-3/h4-10H,1-3H3. The number of rotatable bonds is 2. The van der Waals surface area contributed by atoms with Gasteiger partial charge in [0.15, 0.2) is 5.43 Å². The molecule has 2 aromatic carbocycles. The summed E-state index contributed by atoms with van der Waals surface area (Å²) in [6.07, 6.45) is 0. The molecule has 3 heteroatoms. The summed E-state index contributed by atoms with van der Waals surface area (Å²) >= 11 is 0. The maximum atomic E-state index is 12.4. The second-order valence-electron chi connectivity index (χ2n) is 5.13. The molecule has 0 N–H and O–H groups in total. The molecule has 1 aromatic heterocycles. The van der Waals surface area contributed by atoms with Gasteiger partial charge in [-0.05, 0) is 43.2 Å². The Morgan fingerprint density at radius 1 is 1.05 bits per heavy atom. The van der Waals surface area contributed by atoms with Crippen LogP contribution in [0.15, 0.2) is 51.7 Å². The third-order valence-electron chi connectivity index (χ3n) is 3.53. The number of methoxy groups -OCH3 is 1. The van der Waals surface area contributed by atoms with Gasteiger partial charge >= 0.3 is 0 Å².